The maximum atomic E-state index is 12.2. The highest BCUT2D eigenvalue weighted by Gasteiger charge is 2.22. The number of primary sulfonamides is 1. The summed E-state index contributed by atoms with van der Waals surface area (Å²) < 4.78 is 24.3. The molecule has 2 aromatic rings. The summed E-state index contributed by atoms with van der Waals surface area (Å²) in [5, 5.41) is 20.4. The van der Waals surface area contributed by atoms with Crippen molar-refractivity contribution in [2.24, 2.45) is 5.14 Å². The van der Waals surface area contributed by atoms with Gasteiger partial charge in [0, 0.05) is 24.1 Å². The topological polar surface area (TPSA) is 139 Å². The summed E-state index contributed by atoms with van der Waals surface area (Å²) in [6.07, 6.45) is 0. The molecule has 10 heteroatoms. The molecule has 0 aromatic heterocycles. The Kier molecular flexibility index (Phi) is 7.07. The fourth-order valence-corrected chi connectivity index (χ4v) is 4.39. The number of sulfonamides is 1. The van der Waals surface area contributed by atoms with Gasteiger partial charge in [-0.15, -0.1) is 0 Å². The molecular weight excluding hydrogens is 414 g/mol. The van der Waals surface area contributed by atoms with Crippen LogP contribution >= 0.6 is 11.8 Å². The van der Waals surface area contributed by atoms with E-state index in [0.29, 0.717) is 22.8 Å². The molecule has 154 valence electrons. The summed E-state index contributed by atoms with van der Waals surface area (Å²) in [7, 11) is -4.20. The smallest absolute Gasteiger partial charge is 0.335 e. The van der Waals surface area contributed by atoms with Crippen molar-refractivity contribution in [1.82, 2.24) is 0 Å². The summed E-state index contributed by atoms with van der Waals surface area (Å²) in [5.74, 6) is -1.48. The molecule has 0 atom stereocenters. The molecule has 0 unspecified atom stereocenters. The van der Waals surface area contributed by atoms with Crippen LogP contribution in [0.5, 0.6) is 0 Å². The van der Waals surface area contributed by atoms with E-state index in [2.05, 4.69) is 17.2 Å². The SMILES string of the molecule is C=C(C)CNc1cc(C(=O)O)cc(S(N)(=O)=O)c1Sc1ccc(NC(C)=O)cc1. The average Bonchev–Trinajstić information content (AvgIpc) is 2.60. The average molecular weight is 436 g/mol. The lowest BCUT2D eigenvalue weighted by Crippen LogP contribution is -2.16. The Morgan fingerprint density at radius 1 is 1.17 bits per heavy atom. The number of carbonyl (C=O) groups is 2. The van der Waals surface area contributed by atoms with Crippen molar-refractivity contribution in [3.63, 3.8) is 0 Å². The Morgan fingerprint density at radius 3 is 2.28 bits per heavy atom. The Morgan fingerprint density at radius 2 is 1.79 bits per heavy atom. The van der Waals surface area contributed by atoms with Crippen molar-refractivity contribution in [3.05, 3.63) is 54.1 Å². The van der Waals surface area contributed by atoms with Crippen LogP contribution in [-0.2, 0) is 14.8 Å². The molecule has 0 aliphatic heterocycles. The number of aromatic carboxylic acids is 1. The van der Waals surface area contributed by atoms with Gasteiger partial charge in [0.1, 0.15) is 0 Å². The van der Waals surface area contributed by atoms with E-state index in [4.69, 9.17) is 5.14 Å². The molecule has 0 saturated heterocycles. The second-order valence-electron chi connectivity index (χ2n) is 6.32. The number of carbonyl (C=O) groups excluding carboxylic acids is 1. The third-order valence-corrected chi connectivity index (χ3v) is 5.80. The number of hydrogen-bond acceptors (Lipinski definition) is 6. The van der Waals surface area contributed by atoms with Gasteiger partial charge in [-0.25, -0.2) is 18.4 Å². The maximum absolute atomic E-state index is 12.2. The second-order valence-corrected chi connectivity index (χ2v) is 8.93. The van der Waals surface area contributed by atoms with E-state index in [1.807, 2.05) is 0 Å². The molecule has 0 heterocycles. The highest BCUT2D eigenvalue weighted by Crippen LogP contribution is 2.39. The molecule has 0 aliphatic carbocycles. The maximum Gasteiger partial charge on any atom is 0.335 e. The standard InChI is InChI=1S/C19H21N3O5S2/c1-11(2)10-21-16-8-13(19(24)25)9-17(29(20,26)27)18(16)28-15-6-4-14(5-7-15)22-12(3)23/h4-9,21H,1,10H2,2-3H3,(H,22,23)(H,24,25)(H2,20,26,27). The summed E-state index contributed by atoms with van der Waals surface area (Å²) in [5.41, 5.74) is 1.48. The summed E-state index contributed by atoms with van der Waals surface area (Å²) in [6, 6.07) is 9.15. The first kappa shape index (κ1) is 22.5. The minimum absolute atomic E-state index is 0.205. The van der Waals surface area contributed by atoms with E-state index in [0.717, 1.165) is 23.4 Å². The van der Waals surface area contributed by atoms with E-state index in [1.165, 1.54) is 13.0 Å². The minimum atomic E-state index is -4.20. The van der Waals surface area contributed by atoms with Crippen molar-refractivity contribution in [2.75, 3.05) is 17.2 Å². The first-order valence-electron chi connectivity index (χ1n) is 8.35. The highest BCUT2D eigenvalue weighted by atomic mass is 32.2. The Bertz CT molecular complexity index is 1060. The van der Waals surface area contributed by atoms with Gasteiger partial charge >= 0.3 is 5.97 Å². The number of amides is 1. The van der Waals surface area contributed by atoms with Gasteiger partial charge in [-0.05, 0) is 43.3 Å². The zero-order valence-electron chi connectivity index (χ0n) is 15.9. The molecular formula is C19H21N3O5S2. The Balaban J connectivity index is 2.55. The first-order chi connectivity index (χ1) is 13.5. The van der Waals surface area contributed by atoms with Crippen LogP contribution in [0, 0.1) is 0 Å². The Labute approximate surface area is 173 Å². The van der Waals surface area contributed by atoms with Crippen molar-refractivity contribution < 1.29 is 23.1 Å². The van der Waals surface area contributed by atoms with Gasteiger partial charge in [0.2, 0.25) is 15.9 Å². The molecule has 0 spiro atoms. The van der Waals surface area contributed by atoms with Crippen LogP contribution < -0.4 is 15.8 Å². The van der Waals surface area contributed by atoms with Crippen LogP contribution in [-0.4, -0.2) is 31.9 Å². The number of benzene rings is 2. The molecule has 0 bridgehead atoms. The van der Waals surface area contributed by atoms with Crippen molar-refractivity contribution in [1.29, 1.82) is 0 Å². The lowest BCUT2D eigenvalue weighted by Gasteiger charge is -2.16. The van der Waals surface area contributed by atoms with Gasteiger partial charge in [-0.2, -0.15) is 0 Å². The zero-order chi connectivity index (χ0) is 21.8. The number of nitrogens with two attached hydrogens (primary N) is 1. The summed E-state index contributed by atoms with van der Waals surface area (Å²) >= 11 is 1.11. The first-order valence-corrected chi connectivity index (χ1v) is 10.7. The monoisotopic (exact) mass is 435 g/mol. The molecule has 1 amide bonds. The molecule has 0 fully saturated rings. The van der Waals surface area contributed by atoms with E-state index in [-0.39, 0.29) is 21.3 Å². The number of carboxylic acid groups (broad SMARTS) is 1. The van der Waals surface area contributed by atoms with Crippen molar-refractivity contribution in [3.8, 4) is 0 Å². The van der Waals surface area contributed by atoms with Crippen LogP contribution in [0.25, 0.3) is 0 Å². The van der Waals surface area contributed by atoms with Gasteiger partial charge in [0.25, 0.3) is 0 Å². The normalized spacial score (nSPS) is 11.0. The molecule has 0 aliphatic rings. The van der Waals surface area contributed by atoms with E-state index < -0.39 is 16.0 Å². The van der Waals surface area contributed by atoms with Crippen LogP contribution in [0.2, 0.25) is 0 Å². The van der Waals surface area contributed by atoms with E-state index >= 15 is 0 Å². The molecule has 2 aromatic carbocycles. The Hall–Kier alpha value is -2.82. The number of rotatable bonds is 8. The lowest BCUT2D eigenvalue weighted by atomic mass is 10.2. The van der Waals surface area contributed by atoms with E-state index in [1.54, 1.807) is 31.2 Å². The molecule has 0 saturated carbocycles. The predicted octanol–water partition coefficient (Wildman–Crippen LogP) is 3.13. The number of anilines is 2. The van der Waals surface area contributed by atoms with Crippen LogP contribution in [0.3, 0.4) is 0 Å². The number of hydrogen-bond donors (Lipinski definition) is 4. The molecule has 2 rings (SSSR count). The lowest BCUT2D eigenvalue weighted by molar-refractivity contribution is -0.114. The largest absolute Gasteiger partial charge is 0.478 e. The highest BCUT2D eigenvalue weighted by molar-refractivity contribution is 8.00. The fraction of sp³-hybridized carbons (Fsp3) is 0.158. The second kappa shape index (κ2) is 9.12. The molecule has 5 N–H and O–H groups in total. The van der Waals surface area contributed by atoms with Gasteiger partial charge in [0.05, 0.1) is 21.0 Å². The van der Waals surface area contributed by atoms with Gasteiger partial charge < -0.3 is 15.7 Å². The fourth-order valence-electron chi connectivity index (χ4n) is 2.35. The van der Waals surface area contributed by atoms with Gasteiger partial charge in [0.15, 0.2) is 0 Å². The van der Waals surface area contributed by atoms with E-state index in [9.17, 15) is 23.1 Å². The molecule has 8 nitrogen and oxygen atoms in total. The zero-order valence-corrected chi connectivity index (χ0v) is 17.5. The van der Waals surface area contributed by atoms with Crippen LogP contribution in [0.4, 0.5) is 11.4 Å². The van der Waals surface area contributed by atoms with Gasteiger partial charge in [-0.3, -0.25) is 4.79 Å². The third kappa shape index (κ3) is 6.34. The third-order valence-electron chi connectivity index (χ3n) is 3.58. The number of carboxylic acids is 1. The summed E-state index contributed by atoms with van der Waals surface area (Å²) in [6.45, 7) is 7.28. The van der Waals surface area contributed by atoms with Crippen molar-refractivity contribution >= 4 is 45.0 Å². The predicted molar refractivity (Wildman–Crippen MR) is 113 cm³/mol. The minimum Gasteiger partial charge on any atom is -0.478 e. The molecule has 0 radical (unpaired) electrons. The quantitative estimate of drug-likeness (QED) is 0.467. The van der Waals surface area contributed by atoms with Crippen LogP contribution in [0.15, 0.2) is 63.2 Å². The molecule has 29 heavy (non-hydrogen) atoms. The number of nitrogens with one attached hydrogen (secondary N) is 2. The van der Waals surface area contributed by atoms with Crippen molar-refractivity contribution in [2.45, 2.75) is 28.5 Å². The van der Waals surface area contributed by atoms with Gasteiger partial charge in [-0.1, -0.05) is 23.9 Å². The summed E-state index contributed by atoms with van der Waals surface area (Å²) in [4.78, 5) is 23.2. The van der Waals surface area contributed by atoms with Crippen LogP contribution in [0.1, 0.15) is 24.2 Å².